The number of furan rings is 1. The maximum Gasteiger partial charge on any atom is 0.379 e. The van der Waals surface area contributed by atoms with Gasteiger partial charge in [-0.15, -0.1) is 0 Å². The van der Waals surface area contributed by atoms with Crippen LogP contribution in [0.2, 0.25) is 5.02 Å². The van der Waals surface area contributed by atoms with Crippen LogP contribution in [0.5, 0.6) is 5.75 Å². The number of hydrogen-bond donors (Lipinski definition) is 0. The van der Waals surface area contributed by atoms with Crippen molar-refractivity contribution in [2.75, 3.05) is 0 Å². The molecular weight excluding hydrogens is 284 g/mol. The highest BCUT2D eigenvalue weighted by Gasteiger charge is 2.13. The zero-order valence-electron chi connectivity index (χ0n) is 9.96. The molecule has 6 heteroatoms. The van der Waals surface area contributed by atoms with Gasteiger partial charge in [0.25, 0.3) is 0 Å². The zero-order chi connectivity index (χ0) is 14.1. The van der Waals surface area contributed by atoms with E-state index in [1.54, 1.807) is 6.07 Å². The van der Waals surface area contributed by atoms with E-state index in [1.165, 1.54) is 30.5 Å². The predicted molar refractivity (Wildman–Crippen MR) is 71.2 cm³/mol. The number of benzene rings is 1. The van der Waals surface area contributed by atoms with Gasteiger partial charge in [0, 0.05) is 6.07 Å². The van der Waals surface area contributed by atoms with E-state index < -0.39 is 5.97 Å². The van der Waals surface area contributed by atoms with Gasteiger partial charge in [-0.2, -0.15) is 0 Å². The predicted octanol–water partition coefficient (Wildman–Crippen LogP) is 3.26. The van der Waals surface area contributed by atoms with Gasteiger partial charge in [0.1, 0.15) is 22.6 Å². The summed E-state index contributed by atoms with van der Waals surface area (Å²) in [4.78, 5) is 23.4. The normalized spacial score (nSPS) is 10.7. The van der Waals surface area contributed by atoms with Crippen LogP contribution in [0.25, 0.3) is 11.0 Å². The Kier molecular flexibility index (Phi) is 3.04. The van der Waals surface area contributed by atoms with Crippen LogP contribution >= 0.6 is 11.6 Å². The molecule has 0 aliphatic rings. The zero-order valence-corrected chi connectivity index (χ0v) is 10.7. The van der Waals surface area contributed by atoms with Gasteiger partial charge in [-0.05, 0) is 24.3 Å². The fourth-order valence-corrected chi connectivity index (χ4v) is 1.85. The van der Waals surface area contributed by atoms with Crippen molar-refractivity contribution in [1.29, 1.82) is 0 Å². The minimum Gasteiger partial charge on any atom is -0.462 e. The van der Waals surface area contributed by atoms with Crippen molar-refractivity contribution < 1.29 is 18.4 Å². The molecule has 2 heterocycles. The largest absolute Gasteiger partial charge is 0.462 e. The Morgan fingerprint density at radius 2 is 2.05 bits per heavy atom. The van der Waals surface area contributed by atoms with Crippen LogP contribution in [0.15, 0.2) is 56.5 Å². The molecule has 0 unspecified atom stereocenters. The molecule has 0 bridgehead atoms. The molecule has 0 radical (unpaired) electrons. The lowest BCUT2D eigenvalue weighted by molar-refractivity contribution is 0.0701. The monoisotopic (exact) mass is 290 g/mol. The van der Waals surface area contributed by atoms with E-state index >= 15 is 0 Å². The summed E-state index contributed by atoms with van der Waals surface area (Å²) < 4.78 is 15.2. The van der Waals surface area contributed by atoms with E-state index in [2.05, 4.69) is 0 Å². The molecule has 5 nitrogen and oxygen atoms in total. The Balaban J connectivity index is 1.96. The number of carbonyl (C=O) groups is 1. The third kappa shape index (κ3) is 2.19. The highest BCUT2D eigenvalue weighted by molar-refractivity contribution is 6.30. The second-order valence-electron chi connectivity index (χ2n) is 3.94. The summed E-state index contributed by atoms with van der Waals surface area (Å²) in [6.45, 7) is 0. The quantitative estimate of drug-likeness (QED) is 0.535. The minimum absolute atomic E-state index is 0.00201. The van der Waals surface area contributed by atoms with Gasteiger partial charge in [0.05, 0.1) is 11.6 Å². The highest BCUT2D eigenvalue weighted by atomic mass is 35.5. The molecule has 0 aliphatic heterocycles. The summed E-state index contributed by atoms with van der Waals surface area (Å²) >= 11 is 5.68. The summed E-state index contributed by atoms with van der Waals surface area (Å²) in [6.07, 6.45) is 2.52. The number of esters is 1. The molecule has 0 amide bonds. The summed E-state index contributed by atoms with van der Waals surface area (Å²) in [5, 5.41) is 0.313. The van der Waals surface area contributed by atoms with Gasteiger partial charge in [-0.25, -0.2) is 4.79 Å². The van der Waals surface area contributed by atoms with Gasteiger partial charge < -0.3 is 13.6 Å². The molecule has 0 spiro atoms. The molecule has 20 heavy (non-hydrogen) atoms. The number of ether oxygens (including phenoxy) is 1. The van der Waals surface area contributed by atoms with Crippen molar-refractivity contribution >= 4 is 28.5 Å². The topological polar surface area (TPSA) is 69.7 Å². The van der Waals surface area contributed by atoms with E-state index in [-0.39, 0.29) is 27.5 Å². The minimum atomic E-state index is -0.634. The van der Waals surface area contributed by atoms with Crippen LogP contribution in [0.1, 0.15) is 10.6 Å². The average Bonchev–Trinajstić information content (AvgIpc) is 2.97. The van der Waals surface area contributed by atoms with Crippen molar-refractivity contribution in [3.05, 3.63) is 63.9 Å². The lowest BCUT2D eigenvalue weighted by atomic mass is 10.2. The van der Waals surface area contributed by atoms with Crippen molar-refractivity contribution in [2.45, 2.75) is 0 Å². The highest BCUT2D eigenvalue weighted by Crippen LogP contribution is 2.21. The standard InChI is InChI=1S/C14H7ClO5/c15-10-7-19-12-6-8(3-4-9(12)13(10)16)20-14(17)11-2-1-5-18-11/h1-7H. The van der Waals surface area contributed by atoms with Gasteiger partial charge in [-0.3, -0.25) is 4.79 Å². The fraction of sp³-hybridized carbons (Fsp3) is 0. The molecule has 0 atom stereocenters. The Hall–Kier alpha value is -2.53. The van der Waals surface area contributed by atoms with E-state index in [4.69, 9.17) is 25.2 Å². The lowest BCUT2D eigenvalue weighted by Gasteiger charge is -2.03. The van der Waals surface area contributed by atoms with Gasteiger partial charge >= 0.3 is 5.97 Å². The lowest BCUT2D eigenvalue weighted by Crippen LogP contribution is -2.07. The summed E-state index contributed by atoms with van der Waals surface area (Å²) in [5.74, 6) is -0.308. The molecular formula is C14H7ClO5. The number of rotatable bonds is 2. The Bertz CT molecular complexity index is 832. The smallest absolute Gasteiger partial charge is 0.379 e. The summed E-state index contributed by atoms with van der Waals surface area (Å²) in [6, 6.07) is 7.48. The third-order valence-corrected chi connectivity index (χ3v) is 2.90. The first-order valence-electron chi connectivity index (χ1n) is 5.62. The van der Waals surface area contributed by atoms with Crippen LogP contribution in [-0.2, 0) is 0 Å². The van der Waals surface area contributed by atoms with Gasteiger partial charge in [-0.1, -0.05) is 11.6 Å². The molecule has 0 saturated heterocycles. The van der Waals surface area contributed by atoms with Crippen LogP contribution in [0.4, 0.5) is 0 Å². The van der Waals surface area contributed by atoms with Crippen molar-refractivity contribution in [3.8, 4) is 5.75 Å². The molecule has 100 valence electrons. The molecule has 0 saturated carbocycles. The van der Waals surface area contributed by atoms with E-state index in [1.807, 2.05) is 0 Å². The maximum atomic E-state index is 11.7. The Morgan fingerprint density at radius 1 is 1.20 bits per heavy atom. The van der Waals surface area contributed by atoms with Crippen LogP contribution in [0.3, 0.4) is 0 Å². The van der Waals surface area contributed by atoms with Crippen molar-refractivity contribution in [2.24, 2.45) is 0 Å². The maximum absolute atomic E-state index is 11.7. The van der Waals surface area contributed by atoms with Crippen LogP contribution in [-0.4, -0.2) is 5.97 Å². The fourth-order valence-electron chi connectivity index (χ4n) is 1.70. The number of hydrogen-bond acceptors (Lipinski definition) is 5. The van der Waals surface area contributed by atoms with Crippen molar-refractivity contribution in [1.82, 2.24) is 0 Å². The van der Waals surface area contributed by atoms with Crippen LogP contribution < -0.4 is 10.2 Å². The van der Waals surface area contributed by atoms with Gasteiger partial charge in [0.15, 0.2) is 0 Å². The Morgan fingerprint density at radius 3 is 2.80 bits per heavy atom. The summed E-state index contributed by atoms with van der Waals surface area (Å²) in [5.41, 5.74) is -0.0547. The molecule has 0 aliphatic carbocycles. The SMILES string of the molecule is O=C(Oc1ccc2c(=O)c(Cl)coc2c1)c1ccco1. The second-order valence-corrected chi connectivity index (χ2v) is 4.34. The van der Waals surface area contributed by atoms with Crippen molar-refractivity contribution in [3.63, 3.8) is 0 Å². The number of fused-ring (bicyclic) bond motifs is 1. The van der Waals surface area contributed by atoms with Crippen LogP contribution in [0, 0.1) is 0 Å². The number of carbonyl (C=O) groups excluding carboxylic acids is 1. The summed E-state index contributed by atoms with van der Waals surface area (Å²) in [7, 11) is 0. The molecule has 3 rings (SSSR count). The average molecular weight is 291 g/mol. The number of halogens is 1. The molecule has 2 aromatic heterocycles. The van der Waals surface area contributed by atoms with E-state index in [9.17, 15) is 9.59 Å². The molecule has 0 fully saturated rings. The molecule has 3 aromatic rings. The Labute approximate surface area is 117 Å². The first-order valence-corrected chi connectivity index (χ1v) is 6.00. The van der Waals surface area contributed by atoms with E-state index in [0.717, 1.165) is 6.26 Å². The third-order valence-electron chi connectivity index (χ3n) is 2.64. The first kappa shape index (κ1) is 12.5. The first-order chi connectivity index (χ1) is 9.65. The molecule has 1 aromatic carbocycles. The van der Waals surface area contributed by atoms with E-state index in [0.29, 0.717) is 5.39 Å². The second kappa shape index (κ2) is 4.86. The van der Waals surface area contributed by atoms with Gasteiger partial charge in [0.2, 0.25) is 11.2 Å². The molecule has 0 N–H and O–H groups in total.